The molecule has 0 unspecified atom stereocenters. The number of piperidine rings is 1. The van der Waals surface area contributed by atoms with Gasteiger partial charge in [-0.3, -0.25) is 0 Å². The average molecular weight is 211 g/mol. The summed E-state index contributed by atoms with van der Waals surface area (Å²) in [6.07, 6.45) is 2.26. The van der Waals surface area contributed by atoms with E-state index in [4.69, 9.17) is 0 Å². The second kappa shape index (κ2) is 4.39. The number of amides is 2. The molecule has 2 aliphatic heterocycles. The van der Waals surface area contributed by atoms with Gasteiger partial charge in [-0.2, -0.15) is 0 Å². The minimum absolute atomic E-state index is 0.137. The van der Waals surface area contributed by atoms with Gasteiger partial charge < -0.3 is 15.1 Å². The van der Waals surface area contributed by atoms with Gasteiger partial charge in [0, 0.05) is 38.3 Å². The van der Waals surface area contributed by atoms with E-state index in [9.17, 15) is 4.79 Å². The maximum Gasteiger partial charge on any atom is 0.317 e. The molecule has 2 heterocycles. The number of carbonyl (C=O) groups is 1. The van der Waals surface area contributed by atoms with Crippen LogP contribution < -0.4 is 5.32 Å². The van der Waals surface area contributed by atoms with Crippen molar-refractivity contribution in [3.8, 4) is 0 Å². The average Bonchev–Trinajstić information content (AvgIpc) is 2.65. The van der Waals surface area contributed by atoms with Crippen LogP contribution in [0.1, 0.15) is 26.7 Å². The van der Waals surface area contributed by atoms with Gasteiger partial charge in [0.15, 0.2) is 0 Å². The Hall–Kier alpha value is -0.770. The topological polar surface area (TPSA) is 35.6 Å². The minimum atomic E-state index is 0.137. The van der Waals surface area contributed by atoms with E-state index in [1.54, 1.807) is 0 Å². The largest absolute Gasteiger partial charge is 0.336 e. The molecule has 0 aromatic rings. The van der Waals surface area contributed by atoms with Crippen LogP contribution in [0.5, 0.6) is 0 Å². The summed E-state index contributed by atoms with van der Waals surface area (Å²) in [5.74, 6) is 0. The molecule has 1 N–H and O–H groups in total. The van der Waals surface area contributed by atoms with Gasteiger partial charge in [0.25, 0.3) is 0 Å². The first-order chi connectivity index (χ1) is 7.18. The van der Waals surface area contributed by atoms with Crippen molar-refractivity contribution in [3.05, 3.63) is 0 Å². The Kier molecular flexibility index (Phi) is 3.14. The first kappa shape index (κ1) is 10.7. The molecule has 2 saturated heterocycles. The van der Waals surface area contributed by atoms with E-state index < -0.39 is 0 Å². The summed E-state index contributed by atoms with van der Waals surface area (Å²) < 4.78 is 0. The molecule has 0 aliphatic carbocycles. The summed E-state index contributed by atoms with van der Waals surface area (Å²) in [6, 6.07) is 1.25. The zero-order valence-electron chi connectivity index (χ0n) is 9.70. The van der Waals surface area contributed by atoms with Crippen LogP contribution in [-0.4, -0.2) is 54.1 Å². The van der Waals surface area contributed by atoms with Gasteiger partial charge >= 0.3 is 6.03 Å². The third kappa shape index (κ3) is 2.25. The van der Waals surface area contributed by atoms with E-state index in [0.717, 1.165) is 39.0 Å². The van der Waals surface area contributed by atoms with Crippen molar-refractivity contribution in [2.24, 2.45) is 0 Å². The number of rotatable bonds is 2. The van der Waals surface area contributed by atoms with Gasteiger partial charge in [-0.05, 0) is 26.7 Å². The second-order valence-electron chi connectivity index (χ2n) is 4.79. The number of likely N-dealkylation sites (tertiary alicyclic amines) is 1. The van der Waals surface area contributed by atoms with Gasteiger partial charge in [-0.25, -0.2) is 4.79 Å². The SMILES string of the molecule is CC(C)N1CCC(N2CCNC2=O)CC1. The van der Waals surface area contributed by atoms with Crippen molar-refractivity contribution in [3.63, 3.8) is 0 Å². The van der Waals surface area contributed by atoms with Crippen LogP contribution in [0, 0.1) is 0 Å². The van der Waals surface area contributed by atoms with Crippen molar-refractivity contribution in [2.75, 3.05) is 26.2 Å². The number of urea groups is 1. The zero-order chi connectivity index (χ0) is 10.8. The lowest BCUT2D eigenvalue weighted by Gasteiger charge is -2.37. The van der Waals surface area contributed by atoms with Crippen LogP contribution in [0.3, 0.4) is 0 Å². The fraction of sp³-hybridized carbons (Fsp3) is 0.909. The maximum absolute atomic E-state index is 11.5. The second-order valence-corrected chi connectivity index (χ2v) is 4.79. The van der Waals surface area contributed by atoms with E-state index >= 15 is 0 Å². The number of nitrogens with zero attached hydrogens (tertiary/aromatic N) is 2. The predicted octanol–water partition coefficient (Wildman–Crippen LogP) is 0.884. The molecule has 2 aliphatic rings. The van der Waals surface area contributed by atoms with Crippen LogP contribution in [0.2, 0.25) is 0 Å². The fourth-order valence-corrected chi connectivity index (χ4v) is 2.55. The number of carbonyl (C=O) groups excluding carboxylic acids is 1. The van der Waals surface area contributed by atoms with E-state index in [1.807, 2.05) is 4.90 Å². The standard InChI is InChI=1S/C11H21N3O/c1-9(2)13-6-3-10(4-7-13)14-8-5-12-11(14)15/h9-10H,3-8H2,1-2H3,(H,12,15). The Balaban J connectivity index is 1.85. The molecule has 0 radical (unpaired) electrons. The highest BCUT2D eigenvalue weighted by molar-refractivity contribution is 5.76. The Morgan fingerprint density at radius 3 is 2.40 bits per heavy atom. The first-order valence-electron chi connectivity index (χ1n) is 5.97. The lowest BCUT2D eigenvalue weighted by molar-refractivity contribution is 0.117. The summed E-state index contributed by atoms with van der Waals surface area (Å²) >= 11 is 0. The Labute approximate surface area is 91.6 Å². The summed E-state index contributed by atoms with van der Waals surface area (Å²) in [5, 5.41) is 2.87. The number of hydrogen-bond donors (Lipinski definition) is 1. The Morgan fingerprint density at radius 2 is 1.93 bits per heavy atom. The molecule has 4 nitrogen and oxygen atoms in total. The molecular weight excluding hydrogens is 190 g/mol. The zero-order valence-corrected chi connectivity index (χ0v) is 9.70. The number of nitrogens with one attached hydrogen (secondary N) is 1. The third-order valence-corrected chi connectivity index (χ3v) is 3.56. The fourth-order valence-electron chi connectivity index (χ4n) is 2.55. The van der Waals surface area contributed by atoms with Crippen molar-refractivity contribution in [1.29, 1.82) is 0 Å². The van der Waals surface area contributed by atoms with Crippen LogP contribution in [0.25, 0.3) is 0 Å². The van der Waals surface area contributed by atoms with E-state index in [-0.39, 0.29) is 6.03 Å². The molecule has 2 amide bonds. The number of hydrogen-bond acceptors (Lipinski definition) is 2. The van der Waals surface area contributed by atoms with Gasteiger partial charge in [0.1, 0.15) is 0 Å². The Bertz CT molecular complexity index is 234. The molecule has 0 aromatic carbocycles. The summed E-state index contributed by atoms with van der Waals surface area (Å²) in [4.78, 5) is 16.0. The highest BCUT2D eigenvalue weighted by atomic mass is 16.2. The monoisotopic (exact) mass is 211 g/mol. The quantitative estimate of drug-likeness (QED) is 0.736. The van der Waals surface area contributed by atoms with Gasteiger partial charge in [-0.1, -0.05) is 0 Å². The van der Waals surface area contributed by atoms with Crippen molar-refractivity contribution in [1.82, 2.24) is 15.1 Å². The molecule has 86 valence electrons. The van der Waals surface area contributed by atoms with Crippen LogP contribution in [-0.2, 0) is 0 Å². The summed E-state index contributed by atoms with van der Waals surface area (Å²) in [7, 11) is 0. The van der Waals surface area contributed by atoms with E-state index in [0.29, 0.717) is 12.1 Å². The normalized spacial score (nSPS) is 25.0. The van der Waals surface area contributed by atoms with E-state index in [1.165, 1.54) is 0 Å². The van der Waals surface area contributed by atoms with Gasteiger partial charge in [0.05, 0.1) is 0 Å². The van der Waals surface area contributed by atoms with Crippen LogP contribution in [0.15, 0.2) is 0 Å². The Morgan fingerprint density at radius 1 is 1.27 bits per heavy atom. The lowest BCUT2D eigenvalue weighted by Crippen LogP contribution is -2.47. The minimum Gasteiger partial charge on any atom is -0.336 e. The van der Waals surface area contributed by atoms with Gasteiger partial charge in [-0.15, -0.1) is 0 Å². The highest BCUT2D eigenvalue weighted by Crippen LogP contribution is 2.19. The molecular formula is C11H21N3O. The molecule has 0 saturated carbocycles. The smallest absolute Gasteiger partial charge is 0.317 e. The maximum atomic E-state index is 11.5. The van der Waals surface area contributed by atoms with Crippen LogP contribution in [0.4, 0.5) is 4.79 Å². The molecule has 0 bridgehead atoms. The molecule has 15 heavy (non-hydrogen) atoms. The molecule has 2 fully saturated rings. The van der Waals surface area contributed by atoms with Crippen molar-refractivity contribution in [2.45, 2.75) is 38.8 Å². The highest BCUT2D eigenvalue weighted by Gasteiger charge is 2.30. The summed E-state index contributed by atoms with van der Waals surface area (Å²) in [5.41, 5.74) is 0. The van der Waals surface area contributed by atoms with Crippen LogP contribution >= 0.6 is 0 Å². The molecule has 0 spiro atoms. The van der Waals surface area contributed by atoms with Crippen molar-refractivity contribution >= 4 is 6.03 Å². The summed E-state index contributed by atoms with van der Waals surface area (Å²) in [6.45, 7) is 8.46. The molecule has 0 atom stereocenters. The van der Waals surface area contributed by atoms with Crippen molar-refractivity contribution < 1.29 is 4.79 Å². The molecule has 4 heteroatoms. The lowest BCUT2D eigenvalue weighted by atomic mass is 10.0. The first-order valence-corrected chi connectivity index (χ1v) is 5.97. The third-order valence-electron chi connectivity index (χ3n) is 3.56. The molecule has 2 rings (SSSR count). The van der Waals surface area contributed by atoms with Gasteiger partial charge in [0.2, 0.25) is 0 Å². The van der Waals surface area contributed by atoms with E-state index in [2.05, 4.69) is 24.1 Å². The molecule has 0 aromatic heterocycles. The predicted molar refractivity (Wildman–Crippen MR) is 59.8 cm³/mol.